The molecule has 146 valence electrons. The molecule has 27 heavy (non-hydrogen) atoms. The van der Waals surface area contributed by atoms with Crippen LogP contribution in [0.1, 0.15) is 54.9 Å². The molecule has 0 atom stereocenters. The van der Waals surface area contributed by atoms with Gasteiger partial charge in [0.2, 0.25) is 11.8 Å². The Hall–Kier alpha value is -2.22. The number of hydrogen-bond acceptors (Lipinski definition) is 7. The first kappa shape index (κ1) is 18.2. The summed E-state index contributed by atoms with van der Waals surface area (Å²) < 4.78 is 10.4. The van der Waals surface area contributed by atoms with Gasteiger partial charge in [0.15, 0.2) is 5.82 Å². The first-order chi connectivity index (χ1) is 13.0. The molecule has 0 bridgehead atoms. The molecule has 0 saturated carbocycles. The Morgan fingerprint density at radius 1 is 1.11 bits per heavy atom. The number of carbonyl (C=O) groups excluding carboxylic acids is 1. The van der Waals surface area contributed by atoms with Crippen molar-refractivity contribution in [2.45, 2.75) is 59.5 Å². The van der Waals surface area contributed by atoms with E-state index in [4.69, 9.17) is 9.05 Å². The molecule has 4 heterocycles. The topological polar surface area (TPSA) is 88.5 Å². The minimum Gasteiger partial charge on any atom is -0.361 e. The summed E-state index contributed by atoms with van der Waals surface area (Å²) in [7, 11) is 0. The van der Waals surface area contributed by atoms with Crippen LogP contribution in [-0.2, 0) is 24.3 Å². The lowest BCUT2D eigenvalue weighted by Crippen LogP contribution is -2.41. The SMILES string of the molecule is CCc1nc(CN2CCC3(CC2)CC(=O)N(Cc2c(C)noc2C)C3)no1. The highest BCUT2D eigenvalue weighted by Crippen LogP contribution is 2.41. The van der Waals surface area contributed by atoms with Crippen LogP contribution < -0.4 is 0 Å². The van der Waals surface area contributed by atoms with Gasteiger partial charge in [0.25, 0.3) is 0 Å². The molecule has 2 aromatic heterocycles. The molecule has 0 N–H and O–H groups in total. The highest BCUT2D eigenvalue weighted by Gasteiger charge is 2.45. The van der Waals surface area contributed by atoms with Crippen LogP contribution in [-0.4, -0.2) is 50.6 Å². The number of aromatic nitrogens is 3. The standard InChI is InChI=1S/C19H27N5O3/c1-4-17-20-16(22-27-17)11-23-7-5-19(6-8-23)9-18(25)24(12-19)10-15-13(2)21-26-14(15)3/h4-12H2,1-3H3. The van der Waals surface area contributed by atoms with Crippen molar-refractivity contribution in [1.82, 2.24) is 25.1 Å². The maximum absolute atomic E-state index is 12.6. The van der Waals surface area contributed by atoms with Crippen molar-refractivity contribution in [3.8, 4) is 0 Å². The molecule has 8 nitrogen and oxygen atoms in total. The van der Waals surface area contributed by atoms with Crippen molar-refractivity contribution >= 4 is 5.91 Å². The van der Waals surface area contributed by atoms with Gasteiger partial charge in [0.1, 0.15) is 5.76 Å². The molecule has 0 unspecified atom stereocenters. The third kappa shape index (κ3) is 3.63. The zero-order valence-electron chi connectivity index (χ0n) is 16.3. The number of likely N-dealkylation sites (tertiary alicyclic amines) is 2. The lowest BCUT2D eigenvalue weighted by Gasteiger charge is -2.38. The third-order valence-electron chi connectivity index (χ3n) is 6.03. The molecular weight excluding hydrogens is 346 g/mol. The summed E-state index contributed by atoms with van der Waals surface area (Å²) in [5, 5.41) is 8.05. The second-order valence-corrected chi connectivity index (χ2v) is 7.96. The summed E-state index contributed by atoms with van der Waals surface area (Å²) in [6.07, 6.45) is 3.45. The molecule has 2 fully saturated rings. The van der Waals surface area contributed by atoms with E-state index in [1.807, 2.05) is 25.7 Å². The normalized spacial score (nSPS) is 20.1. The zero-order chi connectivity index (χ0) is 19.0. The van der Waals surface area contributed by atoms with E-state index in [-0.39, 0.29) is 11.3 Å². The van der Waals surface area contributed by atoms with Crippen LogP contribution in [0.25, 0.3) is 0 Å². The third-order valence-corrected chi connectivity index (χ3v) is 6.03. The second-order valence-electron chi connectivity index (χ2n) is 7.96. The monoisotopic (exact) mass is 373 g/mol. The van der Waals surface area contributed by atoms with E-state index in [1.165, 1.54) is 0 Å². The van der Waals surface area contributed by atoms with Gasteiger partial charge in [-0.3, -0.25) is 9.69 Å². The predicted molar refractivity (Wildman–Crippen MR) is 96.6 cm³/mol. The smallest absolute Gasteiger partial charge is 0.226 e. The second kappa shape index (κ2) is 7.07. The van der Waals surface area contributed by atoms with Gasteiger partial charge in [0.05, 0.1) is 18.8 Å². The number of amides is 1. The van der Waals surface area contributed by atoms with Crippen molar-refractivity contribution in [2.24, 2.45) is 5.41 Å². The first-order valence-corrected chi connectivity index (χ1v) is 9.71. The van der Waals surface area contributed by atoms with Crippen LogP contribution in [0.3, 0.4) is 0 Å². The van der Waals surface area contributed by atoms with E-state index >= 15 is 0 Å². The molecular formula is C19H27N5O3. The minimum absolute atomic E-state index is 0.0956. The van der Waals surface area contributed by atoms with Crippen molar-refractivity contribution in [3.63, 3.8) is 0 Å². The number of rotatable bonds is 5. The summed E-state index contributed by atoms with van der Waals surface area (Å²) in [5.41, 5.74) is 2.02. The van der Waals surface area contributed by atoms with E-state index in [1.54, 1.807) is 0 Å². The zero-order valence-corrected chi connectivity index (χ0v) is 16.3. The molecule has 8 heteroatoms. The number of carbonyl (C=O) groups is 1. The lowest BCUT2D eigenvalue weighted by atomic mass is 9.77. The molecule has 2 saturated heterocycles. The number of hydrogen-bond donors (Lipinski definition) is 0. The maximum Gasteiger partial charge on any atom is 0.226 e. The highest BCUT2D eigenvalue weighted by molar-refractivity contribution is 5.79. The first-order valence-electron chi connectivity index (χ1n) is 9.71. The molecule has 1 amide bonds. The van der Waals surface area contributed by atoms with Gasteiger partial charge in [-0.2, -0.15) is 4.98 Å². The Morgan fingerprint density at radius 2 is 1.89 bits per heavy atom. The van der Waals surface area contributed by atoms with Gasteiger partial charge in [-0.1, -0.05) is 17.2 Å². The largest absolute Gasteiger partial charge is 0.361 e. The van der Waals surface area contributed by atoms with E-state index in [9.17, 15) is 4.79 Å². The highest BCUT2D eigenvalue weighted by atomic mass is 16.5. The summed E-state index contributed by atoms with van der Waals surface area (Å²) in [4.78, 5) is 21.4. The molecule has 4 rings (SSSR count). The molecule has 2 aliphatic rings. The molecule has 0 radical (unpaired) electrons. The summed E-state index contributed by atoms with van der Waals surface area (Å²) in [5.74, 6) is 2.50. The number of nitrogens with zero attached hydrogens (tertiary/aromatic N) is 5. The summed E-state index contributed by atoms with van der Waals surface area (Å²) >= 11 is 0. The molecule has 0 aromatic carbocycles. The molecule has 1 spiro atoms. The van der Waals surface area contributed by atoms with Gasteiger partial charge in [0, 0.05) is 24.9 Å². The van der Waals surface area contributed by atoms with Crippen LogP contribution in [0.2, 0.25) is 0 Å². The van der Waals surface area contributed by atoms with Gasteiger partial charge < -0.3 is 13.9 Å². The average molecular weight is 373 g/mol. The molecule has 2 aliphatic heterocycles. The van der Waals surface area contributed by atoms with Crippen LogP contribution in [0.4, 0.5) is 0 Å². The Labute approximate surface area is 158 Å². The van der Waals surface area contributed by atoms with Crippen LogP contribution >= 0.6 is 0 Å². The fourth-order valence-electron chi connectivity index (χ4n) is 4.26. The average Bonchev–Trinajstić information content (AvgIpc) is 3.32. The van der Waals surface area contributed by atoms with E-state index < -0.39 is 0 Å². The van der Waals surface area contributed by atoms with Crippen LogP contribution in [0, 0.1) is 19.3 Å². The van der Waals surface area contributed by atoms with Crippen molar-refractivity contribution in [3.05, 3.63) is 28.7 Å². The van der Waals surface area contributed by atoms with Crippen molar-refractivity contribution in [1.29, 1.82) is 0 Å². The lowest BCUT2D eigenvalue weighted by molar-refractivity contribution is -0.128. The van der Waals surface area contributed by atoms with Gasteiger partial charge in [-0.15, -0.1) is 0 Å². The van der Waals surface area contributed by atoms with Crippen molar-refractivity contribution in [2.75, 3.05) is 19.6 Å². The van der Waals surface area contributed by atoms with Gasteiger partial charge >= 0.3 is 0 Å². The molecule has 0 aliphatic carbocycles. The predicted octanol–water partition coefficient (Wildman–Crippen LogP) is 2.25. The van der Waals surface area contributed by atoms with Gasteiger partial charge in [-0.05, 0) is 45.2 Å². The Kier molecular flexibility index (Phi) is 4.75. The Morgan fingerprint density at radius 3 is 2.52 bits per heavy atom. The summed E-state index contributed by atoms with van der Waals surface area (Å²) in [6, 6.07) is 0. The quantitative estimate of drug-likeness (QED) is 0.794. The van der Waals surface area contributed by atoms with Crippen LogP contribution in [0.15, 0.2) is 9.05 Å². The minimum atomic E-state index is 0.0956. The number of piperidine rings is 1. The van der Waals surface area contributed by atoms with E-state index in [2.05, 4.69) is 20.2 Å². The number of aryl methyl sites for hydroxylation is 3. The fourth-order valence-corrected chi connectivity index (χ4v) is 4.26. The summed E-state index contributed by atoms with van der Waals surface area (Å²) in [6.45, 7) is 9.92. The van der Waals surface area contributed by atoms with E-state index in [0.717, 1.165) is 68.3 Å². The van der Waals surface area contributed by atoms with Crippen LogP contribution in [0.5, 0.6) is 0 Å². The fraction of sp³-hybridized carbons (Fsp3) is 0.684. The van der Waals surface area contributed by atoms with Gasteiger partial charge in [-0.25, -0.2) is 0 Å². The van der Waals surface area contributed by atoms with E-state index in [0.29, 0.717) is 18.9 Å². The maximum atomic E-state index is 12.6. The molecule has 2 aromatic rings. The Bertz CT molecular complexity index is 800. The van der Waals surface area contributed by atoms with Crippen molar-refractivity contribution < 1.29 is 13.8 Å². The Balaban J connectivity index is 1.35.